The molecule has 0 bridgehead atoms. The molecule has 6 heteroatoms. The second-order valence-electron chi connectivity index (χ2n) is 3.80. The van der Waals surface area contributed by atoms with Crippen LogP contribution in [0.4, 0.5) is 0 Å². The molecule has 0 fully saturated rings. The largest absolute Gasteiger partial charge is 0.409 e. The molecule has 0 saturated heterocycles. The predicted molar refractivity (Wildman–Crippen MR) is 69.4 cm³/mol. The van der Waals surface area contributed by atoms with Crippen molar-refractivity contribution in [2.45, 2.75) is 12.1 Å². The second kappa shape index (κ2) is 5.09. The lowest BCUT2D eigenvalue weighted by Crippen LogP contribution is -2.22. The third-order valence-corrected chi connectivity index (χ3v) is 3.59. The lowest BCUT2D eigenvalue weighted by molar-refractivity contribution is 0.315. The Morgan fingerprint density at radius 3 is 3.06 bits per heavy atom. The van der Waals surface area contributed by atoms with E-state index in [9.17, 15) is 0 Å². The van der Waals surface area contributed by atoms with Crippen LogP contribution in [0.1, 0.15) is 6.92 Å². The van der Waals surface area contributed by atoms with Gasteiger partial charge in [-0.2, -0.15) is 0 Å². The van der Waals surface area contributed by atoms with Gasteiger partial charge in [0.2, 0.25) is 0 Å². The van der Waals surface area contributed by atoms with Gasteiger partial charge in [-0.1, -0.05) is 36.0 Å². The lowest BCUT2D eigenvalue weighted by atomic mass is 10.2. The van der Waals surface area contributed by atoms with Crippen molar-refractivity contribution in [2.24, 2.45) is 16.8 Å². The fraction of sp³-hybridized carbons (Fsp3) is 0.273. The van der Waals surface area contributed by atoms with Crippen LogP contribution in [0.5, 0.6) is 0 Å². The molecule has 0 amide bonds. The van der Waals surface area contributed by atoms with Gasteiger partial charge in [0, 0.05) is 11.7 Å². The number of fused-ring (bicyclic) bond motifs is 1. The summed E-state index contributed by atoms with van der Waals surface area (Å²) in [5.41, 5.74) is 7.48. The van der Waals surface area contributed by atoms with E-state index in [0.717, 1.165) is 21.9 Å². The number of thioether (sulfide) groups is 1. The average molecular weight is 250 g/mol. The van der Waals surface area contributed by atoms with Crippen LogP contribution in [-0.4, -0.2) is 26.8 Å². The number of para-hydroxylation sites is 2. The second-order valence-corrected chi connectivity index (χ2v) is 4.80. The number of rotatable bonds is 4. The zero-order valence-electron chi connectivity index (χ0n) is 9.42. The number of benzene rings is 1. The van der Waals surface area contributed by atoms with Gasteiger partial charge in [0.05, 0.1) is 11.0 Å². The summed E-state index contributed by atoms with van der Waals surface area (Å²) in [6.07, 6.45) is 0. The number of imidazole rings is 1. The first-order valence-electron chi connectivity index (χ1n) is 5.25. The maximum Gasteiger partial charge on any atom is 0.166 e. The van der Waals surface area contributed by atoms with Crippen molar-refractivity contribution in [3.63, 3.8) is 0 Å². The Balaban J connectivity index is 2.04. The smallest absolute Gasteiger partial charge is 0.166 e. The van der Waals surface area contributed by atoms with Crippen molar-refractivity contribution >= 4 is 28.6 Å². The van der Waals surface area contributed by atoms with Crippen molar-refractivity contribution in [2.75, 3.05) is 5.75 Å². The van der Waals surface area contributed by atoms with E-state index in [1.165, 1.54) is 0 Å². The van der Waals surface area contributed by atoms with E-state index in [4.69, 9.17) is 10.9 Å². The molecule has 0 aliphatic heterocycles. The maximum atomic E-state index is 8.55. The predicted octanol–water partition coefficient (Wildman–Crippen LogP) is 2.04. The SMILES string of the molecule is CC(CSc1nc2ccccc2[nH]1)/C(N)=N/O. The van der Waals surface area contributed by atoms with Crippen molar-refractivity contribution < 1.29 is 5.21 Å². The Morgan fingerprint density at radius 1 is 1.59 bits per heavy atom. The van der Waals surface area contributed by atoms with Crippen LogP contribution in [0.3, 0.4) is 0 Å². The molecule has 0 saturated carbocycles. The molecule has 2 aromatic rings. The number of nitrogens with two attached hydrogens (primary N) is 1. The first-order valence-corrected chi connectivity index (χ1v) is 6.24. The molecular formula is C11H14N4OS. The molecule has 0 radical (unpaired) electrons. The summed E-state index contributed by atoms with van der Waals surface area (Å²) >= 11 is 1.56. The van der Waals surface area contributed by atoms with Crippen LogP contribution < -0.4 is 5.73 Å². The van der Waals surface area contributed by atoms with Crippen LogP contribution in [0, 0.1) is 5.92 Å². The number of nitrogens with zero attached hydrogens (tertiary/aromatic N) is 2. The van der Waals surface area contributed by atoms with Gasteiger partial charge < -0.3 is 15.9 Å². The van der Waals surface area contributed by atoms with Gasteiger partial charge in [-0.05, 0) is 12.1 Å². The first kappa shape index (κ1) is 11.8. The highest BCUT2D eigenvalue weighted by Gasteiger charge is 2.10. The normalized spacial score (nSPS) is 14.1. The minimum absolute atomic E-state index is 0.0122. The number of aromatic amines is 1. The average Bonchev–Trinajstić information content (AvgIpc) is 2.77. The molecule has 0 aliphatic carbocycles. The quantitative estimate of drug-likeness (QED) is 0.255. The summed E-state index contributed by atoms with van der Waals surface area (Å²) in [6.45, 7) is 1.91. The van der Waals surface area contributed by atoms with Crippen LogP contribution in [0.15, 0.2) is 34.6 Å². The standard InChI is InChI=1S/C11H14N4OS/c1-7(10(12)15-16)6-17-11-13-8-4-2-3-5-9(8)14-11/h2-5,7,16H,6H2,1H3,(H2,12,15)(H,13,14). The van der Waals surface area contributed by atoms with Gasteiger partial charge in [-0.15, -0.1) is 0 Å². The fourth-order valence-corrected chi connectivity index (χ4v) is 2.31. The summed E-state index contributed by atoms with van der Waals surface area (Å²) < 4.78 is 0. The Bertz CT molecular complexity index is 504. The van der Waals surface area contributed by atoms with Crippen molar-refractivity contribution in [3.05, 3.63) is 24.3 Å². The number of hydrogen-bond acceptors (Lipinski definition) is 4. The molecular weight excluding hydrogens is 236 g/mol. The Kier molecular flexibility index (Phi) is 3.53. The summed E-state index contributed by atoms with van der Waals surface area (Å²) in [5, 5.41) is 12.4. The first-order chi connectivity index (χ1) is 8.20. The molecule has 1 aromatic heterocycles. The molecule has 0 spiro atoms. The number of hydrogen-bond donors (Lipinski definition) is 3. The van der Waals surface area contributed by atoms with E-state index in [0.29, 0.717) is 0 Å². The van der Waals surface area contributed by atoms with Gasteiger partial charge in [0.1, 0.15) is 5.84 Å². The van der Waals surface area contributed by atoms with E-state index < -0.39 is 0 Å². The third kappa shape index (κ3) is 2.71. The number of oxime groups is 1. The van der Waals surface area contributed by atoms with Gasteiger partial charge in [0.15, 0.2) is 5.16 Å². The number of nitrogens with one attached hydrogen (secondary N) is 1. The van der Waals surface area contributed by atoms with E-state index in [1.807, 2.05) is 31.2 Å². The number of H-pyrrole nitrogens is 1. The van der Waals surface area contributed by atoms with Crippen LogP contribution >= 0.6 is 11.8 Å². The van der Waals surface area contributed by atoms with Crippen LogP contribution in [0.25, 0.3) is 11.0 Å². The molecule has 90 valence electrons. The Hall–Kier alpha value is -1.69. The number of aromatic nitrogens is 2. The highest BCUT2D eigenvalue weighted by atomic mass is 32.2. The molecule has 1 atom stereocenters. The summed E-state index contributed by atoms with van der Waals surface area (Å²) in [4.78, 5) is 7.65. The minimum Gasteiger partial charge on any atom is -0.409 e. The van der Waals surface area contributed by atoms with E-state index in [2.05, 4.69) is 15.1 Å². The topological polar surface area (TPSA) is 87.3 Å². The minimum atomic E-state index is 0.0122. The van der Waals surface area contributed by atoms with E-state index >= 15 is 0 Å². The maximum absolute atomic E-state index is 8.55. The molecule has 5 nitrogen and oxygen atoms in total. The van der Waals surface area contributed by atoms with Gasteiger partial charge in [-0.3, -0.25) is 0 Å². The van der Waals surface area contributed by atoms with Crippen LogP contribution in [0.2, 0.25) is 0 Å². The van der Waals surface area contributed by atoms with Gasteiger partial charge >= 0.3 is 0 Å². The zero-order chi connectivity index (χ0) is 12.3. The van der Waals surface area contributed by atoms with Crippen LogP contribution in [-0.2, 0) is 0 Å². The highest BCUT2D eigenvalue weighted by Crippen LogP contribution is 2.21. The molecule has 1 aromatic carbocycles. The monoisotopic (exact) mass is 250 g/mol. The molecule has 1 unspecified atom stereocenters. The molecule has 17 heavy (non-hydrogen) atoms. The van der Waals surface area contributed by atoms with Crippen molar-refractivity contribution in [1.29, 1.82) is 0 Å². The van der Waals surface area contributed by atoms with Gasteiger partial charge in [0.25, 0.3) is 0 Å². The highest BCUT2D eigenvalue weighted by molar-refractivity contribution is 7.99. The Labute approximate surface area is 103 Å². The molecule has 4 N–H and O–H groups in total. The zero-order valence-corrected chi connectivity index (χ0v) is 10.2. The third-order valence-electron chi connectivity index (χ3n) is 2.46. The Morgan fingerprint density at radius 2 is 2.35 bits per heavy atom. The lowest BCUT2D eigenvalue weighted by Gasteiger charge is -2.06. The van der Waals surface area contributed by atoms with E-state index in [1.54, 1.807) is 11.8 Å². The summed E-state index contributed by atoms with van der Waals surface area (Å²) in [6, 6.07) is 7.87. The number of amidine groups is 1. The molecule has 2 rings (SSSR count). The molecule has 1 heterocycles. The summed E-state index contributed by atoms with van der Waals surface area (Å²) in [5.74, 6) is 0.974. The summed E-state index contributed by atoms with van der Waals surface area (Å²) in [7, 11) is 0. The van der Waals surface area contributed by atoms with Crippen molar-refractivity contribution in [1.82, 2.24) is 9.97 Å². The fourth-order valence-electron chi connectivity index (χ4n) is 1.39. The molecule has 0 aliphatic rings. The van der Waals surface area contributed by atoms with Gasteiger partial charge in [-0.25, -0.2) is 4.98 Å². The van der Waals surface area contributed by atoms with Crippen molar-refractivity contribution in [3.8, 4) is 0 Å². The van der Waals surface area contributed by atoms with E-state index in [-0.39, 0.29) is 11.8 Å².